The standard InChI is InChI=1S/C27H20N2O5/c1-18-10-13-23(24(16-18)29(32)33)26-15-12-22(34-26)11-14-25(30)20-8-5-9-21(17-20)28-27(31)19-6-3-2-4-7-19/h2-17H,1H3,(H,28,31). The van der Waals surface area contributed by atoms with Gasteiger partial charge >= 0.3 is 0 Å². The molecule has 0 aliphatic heterocycles. The molecular formula is C27H20N2O5. The Bertz CT molecular complexity index is 1400. The van der Waals surface area contributed by atoms with Crippen LogP contribution in [0.5, 0.6) is 0 Å². The van der Waals surface area contributed by atoms with E-state index in [0.717, 1.165) is 5.56 Å². The van der Waals surface area contributed by atoms with Gasteiger partial charge in [-0.2, -0.15) is 0 Å². The van der Waals surface area contributed by atoms with E-state index < -0.39 is 4.92 Å². The van der Waals surface area contributed by atoms with E-state index in [4.69, 9.17) is 4.42 Å². The van der Waals surface area contributed by atoms with Gasteiger partial charge in [-0.25, -0.2) is 0 Å². The maximum absolute atomic E-state index is 12.7. The van der Waals surface area contributed by atoms with Crippen LogP contribution in [0.25, 0.3) is 17.4 Å². The Labute approximate surface area is 195 Å². The van der Waals surface area contributed by atoms with Crippen LogP contribution in [0.2, 0.25) is 0 Å². The summed E-state index contributed by atoms with van der Waals surface area (Å²) in [6.07, 6.45) is 2.85. The first-order valence-corrected chi connectivity index (χ1v) is 10.4. The molecule has 0 radical (unpaired) electrons. The van der Waals surface area contributed by atoms with Crippen molar-refractivity contribution in [3.8, 4) is 11.3 Å². The molecule has 0 spiro atoms. The number of carbonyl (C=O) groups excluding carboxylic acids is 2. The predicted molar refractivity (Wildman–Crippen MR) is 130 cm³/mol. The molecule has 0 aliphatic carbocycles. The van der Waals surface area contributed by atoms with E-state index >= 15 is 0 Å². The fraction of sp³-hybridized carbons (Fsp3) is 0.0370. The molecule has 7 heteroatoms. The van der Waals surface area contributed by atoms with Crippen molar-refractivity contribution in [3.05, 3.63) is 124 Å². The molecule has 34 heavy (non-hydrogen) atoms. The third-order valence-electron chi connectivity index (χ3n) is 5.08. The third-order valence-corrected chi connectivity index (χ3v) is 5.08. The maximum atomic E-state index is 12.7. The zero-order valence-corrected chi connectivity index (χ0v) is 18.2. The molecule has 1 N–H and O–H groups in total. The summed E-state index contributed by atoms with van der Waals surface area (Å²) in [7, 11) is 0. The van der Waals surface area contributed by atoms with Crippen molar-refractivity contribution >= 4 is 29.1 Å². The number of ketones is 1. The van der Waals surface area contributed by atoms with E-state index in [0.29, 0.717) is 33.9 Å². The van der Waals surface area contributed by atoms with Gasteiger partial charge in [-0.15, -0.1) is 0 Å². The largest absolute Gasteiger partial charge is 0.456 e. The Hall–Kier alpha value is -4.78. The van der Waals surface area contributed by atoms with Crippen molar-refractivity contribution in [1.29, 1.82) is 0 Å². The summed E-state index contributed by atoms with van der Waals surface area (Å²) in [6, 6.07) is 23.6. The molecule has 1 aromatic heterocycles. The maximum Gasteiger partial charge on any atom is 0.280 e. The molecule has 4 rings (SSSR count). The molecule has 0 bridgehead atoms. The minimum Gasteiger partial charge on any atom is -0.456 e. The van der Waals surface area contributed by atoms with Crippen LogP contribution >= 0.6 is 0 Å². The van der Waals surface area contributed by atoms with Gasteiger partial charge in [0.15, 0.2) is 5.78 Å². The summed E-state index contributed by atoms with van der Waals surface area (Å²) in [6.45, 7) is 1.78. The molecule has 7 nitrogen and oxygen atoms in total. The Morgan fingerprint density at radius 2 is 1.68 bits per heavy atom. The van der Waals surface area contributed by atoms with Gasteiger partial charge in [0.2, 0.25) is 0 Å². The first-order chi connectivity index (χ1) is 16.4. The number of amides is 1. The predicted octanol–water partition coefficient (Wildman–Crippen LogP) is 6.31. The highest BCUT2D eigenvalue weighted by atomic mass is 16.6. The number of furan rings is 1. The number of aryl methyl sites for hydroxylation is 1. The topological polar surface area (TPSA) is 102 Å². The van der Waals surface area contributed by atoms with Gasteiger partial charge in [-0.1, -0.05) is 36.4 Å². The number of benzene rings is 3. The highest BCUT2D eigenvalue weighted by Gasteiger charge is 2.18. The molecule has 0 fully saturated rings. The molecular weight excluding hydrogens is 432 g/mol. The first kappa shape index (κ1) is 22.4. The molecule has 0 atom stereocenters. The lowest BCUT2D eigenvalue weighted by atomic mass is 10.1. The summed E-state index contributed by atoms with van der Waals surface area (Å²) in [5.41, 5.74) is 2.50. The highest BCUT2D eigenvalue weighted by molar-refractivity contribution is 6.08. The lowest BCUT2D eigenvalue weighted by Gasteiger charge is -2.06. The van der Waals surface area contributed by atoms with E-state index in [1.165, 1.54) is 18.2 Å². The van der Waals surface area contributed by atoms with Gasteiger partial charge in [0.25, 0.3) is 11.6 Å². The van der Waals surface area contributed by atoms with Gasteiger partial charge in [-0.3, -0.25) is 19.7 Å². The smallest absolute Gasteiger partial charge is 0.280 e. The van der Waals surface area contributed by atoms with Crippen molar-refractivity contribution in [1.82, 2.24) is 0 Å². The number of nitrogens with zero attached hydrogens (tertiary/aromatic N) is 1. The van der Waals surface area contributed by atoms with Crippen LogP contribution in [-0.2, 0) is 0 Å². The molecule has 1 heterocycles. The summed E-state index contributed by atoms with van der Waals surface area (Å²) >= 11 is 0. The second-order valence-electron chi connectivity index (χ2n) is 7.58. The monoisotopic (exact) mass is 452 g/mol. The number of hydrogen-bond acceptors (Lipinski definition) is 5. The molecule has 0 saturated heterocycles. The molecule has 4 aromatic rings. The van der Waals surface area contributed by atoms with Crippen LogP contribution in [0.1, 0.15) is 32.0 Å². The quantitative estimate of drug-likeness (QED) is 0.153. The zero-order chi connectivity index (χ0) is 24.1. The molecule has 168 valence electrons. The fourth-order valence-corrected chi connectivity index (χ4v) is 3.39. The summed E-state index contributed by atoms with van der Waals surface area (Å²) in [5.74, 6) is 0.167. The van der Waals surface area contributed by atoms with E-state index in [9.17, 15) is 19.7 Å². The molecule has 0 saturated carbocycles. The van der Waals surface area contributed by atoms with Crippen molar-refractivity contribution in [3.63, 3.8) is 0 Å². The lowest BCUT2D eigenvalue weighted by Crippen LogP contribution is -2.12. The Morgan fingerprint density at radius 1 is 0.912 bits per heavy atom. The Balaban J connectivity index is 1.48. The van der Waals surface area contributed by atoms with Gasteiger partial charge < -0.3 is 9.73 Å². The van der Waals surface area contributed by atoms with Crippen LogP contribution in [0.4, 0.5) is 11.4 Å². The van der Waals surface area contributed by atoms with E-state index in [1.54, 1.807) is 79.7 Å². The number of allylic oxidation sites excluding steroid dienone is 1. The van der Waals surface area contributed by atoms with Crippen molar-refractivity contribution in [2.75, 3.05) is 5.32 Å². The van der Waals surface area contributed by atoms with E-state index in [1.807, 2.05) is 6.07 Å². The van der Waals surface area contributed by atoms with Gasteiger partial charge in [-0.05, 0) is 67.1 Å². The average Bonchev–Trinajstić information content (AvgIpc) is 3.32. The number of rotatable bonds is 7. The Morgan fingerprint density at radius 3 is 2.44 bits per heavy atom. The fourth-order valence-electron chi connectivity index (χ4n) is 3.39. The van der Waals surface area contributed by atoms with Crippen LogP contribution in [0.15, 0.2) is 95.4 Å². The number of anilines is 1. The molecule has 1 amide bonds. The number of carbonyl (C=O) groups is 2. The van der Waals surface area contributed by atoms with Crippen molar-refractivity contribution in [2.45, 2.75) is 6.92 Å². The SMILES string of the molecule is Cc1ccc(-c2ccc(C=CC(=O)c3cccc(NC(=O)c4ccccc4)c3)o2)c([N+](=O)[O-])c1. The minimum atomic E-state index is -0.451. The van der Waals surface area contributed by atoms with Crippen LogP contribution in [0, 0.1) is 17.0 Å². The first-order valence-electron chi connectivity index (χ1n) is 10.4. The van der Waals surface area contributed by atoms with E-state index in [2.05, 4.69) is 5.32 Å². The summed E-state index contributed by atoms with van der Waals surface area (Å²) in [4.78, 5) is 35.9. The number of hydrogen-bond donors (Lipinski definition) is 1. The Kier molecular flexibility index (Phi) is 6.45. The number of nitro benzene ring substituents is 1. The number of nitro groups is 1. The van der Waals surface area contributed by atoms with Crippen molar-refractivity contribution in [2.24, 2.45) is 0 Å². The second kappa shape index (κ2) is 9.79. The summed E-state index contributed by atoms with van der Waals surface area (Å²) < 4.78 is 5.71. The van der Waals surface area contributed by atoms with Crippen LogP contribution in [-0.4, -0.2) is 16.6 Å². The van der Waals surface area contributed by atoms with Gasteiger partial charge in [0.05, 0.1) is 10.5 Å². The molecule has 0 unspecified atom stereocenters. The van der Waals surface area contributed by atoms with E-state index in [-0.39, 0.29) is 17.4 Å². The van der Waals surface area contributed by atoms with Gasteiger partial charge in [0.1, 0.15) is 11.5 Å². The average molecular weight is 452 g/mol. The summed E-state index contributed by atoms with van der Waals surface area (Å²) in [5, 5.41) is 14.2. The highest BCUT2D eigenvalue weighted by Crippen LogP contribution is 2.32. The van der Waals surface area contributed by atoms with Gasteiger partial charge in [0, 0.05) is 22.9 Å². The zero-order valence-electron chi connectivity index (χ0n) is 18.2. The van der Waals surface area contributed by atoms with Crippen LogP contribution in [0.3, 0.4) is 0 Å². The second-order valence-corrected chi connectivity index (χ2v) is 7.58. The van der Waals surface area contributed by atoms with Crippen LogP contribution < -0.4 is 5.32 Å². The lowest BCUT2D eigenvalue weighted by molar-refractivity contribution is -0.384. The normalized spacial score (nSPS) is 10.9. The minimum absolute atomic E-state index is 0.0460. The van der Waals surface area contributed by atoms with Crippen molar-refractivity contribution < 1.29 is 18.9 Å². The third kappa shape index (κ3) is 5.16. The molecule has 0 aliphatic rings. The molecule has 3 aromatic carbocycles. The number of nitrogens with one attached hydrogen (secondary N) is 1.